The smallest absolute Gasteiger partial charge is 0.188 e. The normalized spacial score (nSPS) is 15.5. The number of hydrogen-bond acceptors (Lipinski definition) is 2. The number of hydrogen-bond donors (Lipinski definition) is 2. The quantitative estimate of drug-likeness (QED) is 0.454. The van der Waals surface area contributed by atoms with Gasteiger partial charge in [-0.15, -0.1) is 0 Å². The summed E-state index contributed by atoms with van der Waals surface area (Å²) in [7, 11) is 0.895. The van der Waals surface area contributed by atoms with Crippen molar-refractivity contribution in [3.8, 4) is 0 Å². The molecule has 66 valence electrons. The van der Waals surface area contributed by atoms with Gasteiger partial charge in [-0.1, -0.05) is 0 Å². The largest absolute Gasteiger partial charge is 0.370 e. The zero-order chi connectivity index (χ0) is 9.02. The van der Waals surface area contributed by atoms with Crippen molar-refractivity contribution in [2.24, 2.45) is 5.73 Å². The average molecular weight is 177 g/mol. The predicted octanol–water partition coefficient (Wildman–Crippen LogP) is -0.421. The minimum atomic E-state index is -0.827. The fourth-order valence-corrected chi connectivity index (χ4v) is 1.59. The van der Waals surface area contributed by atoms with Crippen LogP contribution in [0.3, 0.4) is 0 Å². The second-order valence-electron chi connectivity index (χ2n) is 2.59. The van der Waals surface area contributed by atoms with E-state index >= 15 is 0 Å². The Kier molecular flexibility index (Phi) is 4.10. The van der Waals surface area contributed by atoms with Crippen LogP contribution in [-0.2, 0) is 10.8 Å². The van der Waals surface area contributed by atoms with E-state index in [9.17, 15) is 4.21 Å². The third-order valence-corrected chi connectivity index (χ3v) is 2.47. The third-order valence-electron chi connectivity index (χ3n) is 1.52. The summed E-state index contributed by atoms with van der Waals surface area (Å²) in [5, 5.41) is 7.08. The van der Waals surface area contributed by atoms with Crippen LogP contribution in [0.25, 0.3) is 0 Å². The molecule has 0 aromatic carbocycles. The number of nitrogens with two attached hydrogens (primary N) is 1. The molecule has 0 bridgehead atoms. The van der Waals surface area contributed by atoms with Crippen LogP contribution < -0.4 is 5.73 Å². The first-order valence-corrected chi connectivity index (χ1v) is 5.04. The maximum absolute atomic E-state index is 10.8. The van der Waals surface area contributed by atoms with E-state index < -0.39 is 10.8 Å². The molecule has 0 aliphatic heterocycles. The Hall–Kier alpha value is -0.580. The summed E-state index contributed by atoms with van der Waals surface area (Å²) in [6.45, 7) is 1.89. The molecule has 0 amide bonds. The molecular weight excluding hydrogens is 162 g/mol. The molecule has 0 aromatic rings. The Morgan fingerprint density at radius 1 is 1.82 bits per heavy atom. The Labute approximate surface area is 69.7 Å². The molecule has 3 N–H and O–H groups in total. The van der Waals surface area contributed by atoms with E-state index in [2.05, 4.69) is 0 Å². The lowest BCUT2D eigenvalue weighted by atomic mass is 10.3. The number of nitrogens with zero attached hydrogens (tertiary/aromatic N) is 1. The predicted molar refractivity (Wildman–Crippen MR) is 48.1 cm³/mol. The molecule has 11 heavy (non-hydrogen) atoms. The zero-order valence-corrected chi connectivity index (χ0v) is 7.94. The van der Waals surface area contributed by atoms with E-state index in [1.54, 1.807) is 18.2 Å². The van der Waals surface area contributed by atoms with Gasteiger partial charge in [0.2, 0.25) is 0 Å². The fourth-order valence-electron chi connectivity index (χ4n) is 0.689. The molecule has 4 nitrogen and oxygen atoms in total. The molecule has 2 atom stereocenters. The van der Waals surface area contributed by atoms with Crippen molar-refractivity contribution in [2.75, 3.05) is 19.1 Å². The molecule has 0 radical (unpaired) electrons. The van der Waals surface area contributed by atoms with Crippen LogP contribution in [0.1, 0.15) is 6.92 Å². The van der Waals surface area contributed by atoms with Gasteiger partial charge in [0, 0.05) is 35.9 Å². The van der Waals surface area contributed by atoms with Crippen molar-refractivity contribution in [3.63, 3.8) is 0 Å². The Balaban J connectivity index is 3.92. The van der Waals surface area contributed by atoms with Gasteiger partial charge in [-0.2, -0.15) is 0 Å². The molecular formula is C6H15N3OS. The maximum atomic E-state index is 10.8. The second-order valence-corrected chi connectivity index (χ2v) is 4.06. The Morgan fingerprint density at radius 3 is 2.55 bits per heavy atom. The van der Waals surface area contributed by atoms with Crippen LogP contribution in [0.4, 0.5) is 0 Å². The summed E-state index contributed by atoms with van der Waals surface area (Å²) in [4.78, 5) is 1.60. The van der Waals surface area contributed by atoms with Crippen molar-refractivity contribution in [1.82, 2.24) is 4.90 Å². The van der Waals surface area contributed by atoms with E-state index in [0.29, 0.717) is 5.75 Å². The van der Waals surface area contributed by atoms with Crippen molar-refractivity contribution in [2.45, 2.75) is 13.0 Å². The van der Waals surface area contributed by atoms with Gasteiger partial charge in [0.15, 0.2) is 5.96 Å². The number of guanidine groups is 1. The van der Waals surface area contributed by atoms with Crippen LogP contribution in [0.15, 0.2) is 0 Å². The van der Waals surface area contributed by atoms with E-state index in [1.807, 2.05) is 6.92 Å². The van der Waals surface area contributed by atoms with E-state index in [-0.39, 0.29) is 12.0 Å². The van der Waals surface area contributed by atoms with E-state index in [1.165, 1.54) is 0 Å². The van der Waals surface area contributed by atoms with Gasteiger partial charge in [-0.25, -0.2) is 0 Å². The van der Waals surface area contributed by atoms with Crippen molar-refractivity contribution in [3.05, 3.63) is 0 Å². The molecule has 0 fully saturated rings. The molecule has 0 aliphatic carbocycles. The molecule has 0 spiro atoms. The molecule has 0 heterocycles. The second kappa shape index (κ2) is 4.33. The van der Waals surface area contributed by atoms with E-state index in [0.717, 1.165) is 0 Å². The zero-order valence-electron chi connectivity index (χ0n) is 7.13. The van der Waals surface area contributed by atoms with Crippen LogP contribution in [0.5, 0.6) is 0 Å². The van der Waals surface area contributed by atoms with Gasteiger partial charge in [0.1, 0.15) is 0 Å². The first-order chi connectivity index (χ1) is 4.95. The Bertz CT molecular complexity index is 171. The summed E-state index contributed by atoms with van der Waals surface area (Å²) in [6.07, 6.45) is 1.64. The van der Waals surface area contributed by atoms with Gasteiger partial charge >= 0.3 is 0 Å². The maximum Gasteiger partial charge on any atom is 0.188 e. The van der Waals surface area contributed by atoms with Crippen LogP contribution in [0.2, 0.25) is 0 Å². The lowest BCUT2D eigenvalue weighted by molar-refractivity contribution is 0.414. The van der Waals surface area contributed by atoms with Gasteiger partial charge in [0.25, 0.3) is 0 Å². The SMILES string of the molecule is CC(CS(C)=O)N(C)C(=N)N. The molecule has 0 saturated carbocycles. The minimum Gasteiger partial charge on any atom is -0.370 e. The third kappa shape index (κ3) is 3.98. The standard InChI is InChI=1S/C6H15N3OS/c1-5(4-11(3)10)9(2)6(7)8/h5H,4H2,1-3H3,(H3,7,8). The van der Waals surface area contributed by atoms with Crippen molar-refractivity contribution < 1.29 is 4.21 Å². The lowest BCUT2D eigenvalue weighted by Crippen LogP contribution is -2.42. The summed E-state index contributed by atoms with van der Waals surface area (Å²) in [5.41, 5.74) is 5.22. The van der Waals surface area contributed by atoms with Crippen LogP contribution >= 0.6 is 0 Å². The fraction of sp³-hybridized carbons (Fsp3) is 0.833. The first kappa shape index (κ1) is 10.4. The average Bonchev–Trinajstić information content (AvgIpc) is 1.84. The molecule has 2 unspecified atom stereocenters. The van der Waals surface area contributed by atoms with Gasteiger partial charge < -0.3 is 10.6 Å². The first-order valence-electron chi connectivity index (χ1n) is 3.32. The summed E-state index contributed by atoms with van der Waals surface area (Å²) in [5.74, 6) is 0.568. The van der Waals surface area contributed by atoms with Gasteiger partial charge in [-0.3, -0.25) is 9.62 Å². The molecule has 0 rings (SSSR count). The van der Waals surface area contributed by atoms with Crippen LogP contribution in [0, 0.1) is 5.41 Å². The highest BCUT2D eigenvalue weighted by atomic mass is 32.2. The number of nitrogens with one attached hydrogen (secondary N) is 1. The summed E-state index contributed by atoms with van der Waals surface area (Å²) < 4.78 is 10.8. The van der Waals surface area contributed by atoms with Crippen molar-refractivity contribution >= 4 is 16.8 Å². The van der Waals surface area contributed by atoms with Crippen molar-refractivity contribution in [1.29, 1.82) is 5.41 Å². The molecule has 0 saturated heterocycles. The molecule has 0 aromatic heterocycles. The molecule has 5 heteroatoms. The van der Waals surface area contributed by atoms with Gasteiger partial charge in [0.05, 0.1) is 0 Å². The molecule has 0 aliphatic rings. The van der Waals surface area contributed by atoms with Crippen LogP contribution in [-0.4, -0.2) is 40.2 Å². The monoisotopic (exact) mass is 177 g/mol. The highest BCUT2D eigenvalue weighted by Gasteiger charge is 2.10. The van der Waals surface area contributed by atoms with E-state index in [4.69, 9.17) is 11.1 Å². The number of rotatable bonds is 3. The highest BCUT2D eigenvalue weighted by Crippen LogP contribution is 1.95. The highest BCUT2D eigenvalue weighted by molar-refractivity contribution is 7.84. The van der Waals surface area contributed by atoms with Gasteiger partial charge in [-0.05, 0) is 6.92 Å². The Morgan fingerprint density at radius 2 is 2.27 bits per heavy atom. The minimum absolute atomic E-state index is 0.0166. The summed E-state index contributed by atoms with van der Waals surface area (Å²) in [6, 6.07) is 0.0679. The lowest BCUT2D eigenvalue weighted by Gasteiger charge is -2.23. The summed E-state index contributed by atoms with van der Waals surface area (Å²) >= 11 is 0. The topological polar surface area (TPSA) is 70.2 Å².